The Balaban J connectivity index is 0.938. The zero-order chi connectivity index (χ0) is 48.6. The Morgan fingerprint density at radius 3 is 2.50 bits per heavy atom. The Labute approximate surface area is 395 Å². The van der Waals surface area contributed by atoms with Gasteiger partial charge in [0, 0.05) is 96.8 Å². The number of methoxy groups -OCH3 is 1. The first kappa shape index (κ1) is 46.8. The lowest BCUT2D eigenvalue weighted by atomic mass is 9.63. The van der Waals surface area contributed by atoms with Crippen LogP contribution in [0.15, 0.2) is 66.9 Å². The first-order valence-corrected chi connectivity index (χ1v) is 22.9. The van der Waals surface area contributed by atoms with Crippen LogP contribution in [0.3, 0.4) is 0 Å². The lowest BCUT2D eigenvalue weighted by molar-refractivity contribution is -0.141. The Kier molecular flexibility index (Phi) is 12.0. The summed E-state index contributed by atoms with van der Waals surface area (Å²) in [5.74, 6) is -3.45. The highest BCUT2D eigenvalue weighted by Gasteiger charge is 2.62. The van der Waals surface area contributed by atoms with Crippen molar-refractivity contribution in [1.29, 1.82) is 0 Å². The maximum atomic E-state index is 16.3. The number of carbonyl (C=O) groups is 5. The smallest absolute Gasteiger partial charge is 0.433 e. The summed E-state index contributed by atoms with van der Waals surface area (Å²) >= 11 is 6.37. The van der Waals surface area contributed by atoms with Crippen LogP contribution < -0.4 is 30.9 Å². The summed E-state index contributed by atoms with van der Waals surface area (Å²) in [4.78, 5) is 75.6. The molecule has 3 saturated heterocycles. The minimum Gasteiger partial charge on any atom is -0.495 e. The molecular formula is C49H51ClF4N8O6. The lowest BCUT2D eigenvalue weighted by Crippen LogP contribution is -2.53. The minimum absolute atomic E-state index is 0.0754. The molecule has 3 aromatic carbocycles. The van der Waals surface area contributed by atoms with E-state index in [2.05, 4.69) is 31.2 Å². The summed E-state index contributed by atoms with van der Waals surface area (Å²) in [6.45, 7) is 9.57. The molecule has 6 heterocycles. The number of hydrogen-bond acceptors (Lipinski definition) is 10. The fraction of sp³-hybridized carbons (Fsp3) is 0.429. The topological polar surface area (TPSA) is 165 Å². The van der Waals surface area contributed by atoms with Crippen molar-refractivity contribution in [2.45, 2.75) is 95.2 Å². The summed E-state index contributed by atoms with van der Waals surface area (Å²) in [6.07, 6.45) is -2.64. The molecule has 5 amide bonds. The summed E-state index contributed by atoms with van der Waals surface area (Å²) in [7, 11) is 1.41. The number of fused-ring (bicyclic) bond motifs is 3. The highest BCUT2D eigenvalue weighted by molar-refractivity contribution is 6.30. The van der Waals surface area contributed by atoms with E-state index in [1.807, 2.05) is 39.8 Å². The van der Waals surface area contributed by atoms with Crippen molar-refractivity contribution in [2.75, 3.05) is 48.8 Å². The number of anilines is 3. The van der Waals surface area contributed by atoms with E-state index >= 15 is 4.39 Å². The van der Waals surface area contributed by atoms with Gasteiger partial charge in [-0.25, -0.2) is 4.39 Å². The largest absolute Gasteiger partial charge is 0.495 e. The number of nitrogens with zero attached hydrogens (tertiary/aromatic N) is 4. The highest BCUT2D eigenvalue weighted by atomic mass is 35.5. The normalized spacial score (nSPS) is 24.8. The van der Waals surface area contributed by atoms with Gasteiger partial charge in [-0.15, -0.1) is 0 Å². The molecule has 68 heavy (non-hydrogen) atoms. The van der Waals surface area contributed by atoms with Crippen LogP contribution in [0.25, 0.3) is 0 Å². The van der Waals surface area contributed by atoms with Crippen molar-refractivity contribution >= 4 is 58.2 Å². The summed E-state index contributed by atoms with van der Waals surface area (Å²) < 4.78 is 63.7. The number of piperidine rings is 1. The third kappa shape index (κ3) is 8.28. The number of halogens is 5. The average molecular weight is 959 g/mol. The molecule has 14 nitrogen and oxygen atoms in total. The zero-order valence-electron chi connectivity index (χ0n) is 38.0. The number of rotatable bonds is 8. The number of piperazine rings is 1. The summed E-state index contributed by atoms with van der Waals surface area (Å²) in [5, 5.41) is 11.7. The molecule has 19 heteroatoms. The number of alkyl halides is 3. The molecule has 0 aliphatic carbocycles. The van der Waals surface area contributed by atoms with E-state index in [4.69, 9.17) is 16.3 Å². The van der Waals surface area contributed by atoms with E-state index in [0.29, 0.717) is 42.7 Å². The van der Waals surface area contributed by atoms with Gasteiger partial charge in [0.25, 0.3) is 11.8 Å². The molecule has 0 saturated carbocycles. The second-order valence-electron chi connectivity index (χ2n) is 19.5. The minimum atomic E-state index is -4.71. The van der Waals surface area contributed by atoms with E-state index in [-0.39, 0.29) is 82.8 Å². The van der Waals surface area contributed by atoms with Gasteiger partial charge in [0.05, 0.1) is 23.9 Å². The fourth-order valence-electron chi connectivity index (χ4n) is 10.9. The van der Waals surface area contributed by atoms with Crippen LogP contribution in [0, 0.1) is 11.2 Å². The lowest BCUT2D eigenvalue weighted by Gasteiger charge is -2.41. The van der Waals surface area contributed by atoms with Crippen LogP contribution in [-0.4, -0.2) is 102 Å². The van der Waals surface area contributed by atoms with Crippen molar-refractivity contribution < 1.29 is 46.3 Å². The van der Waals surface area contributed by atoms with Crippen molar-refractivity contribution in [3.63, 3.8) is 0 Å². The number of amides is 5. The molecule has 1 unspecified atom stereocenters. The third-order valence-electron chi connectivity index (χ3n) is 14.0. The van der Waals surface area contributed by atoms with Crippen molar-refractivity contribution in [1.82, 2.24) is 25.4 Å². The molecule has 5 aliphatic rings. The number of benzene rings is 3. The predicted molar refractivity (Wildman–Crippen MR) is 245 cm³/mol. The standard InChI is InChI=1S/C49H51ClF4N8O6/c1-25-22-60(15-16-61(25)28-10-11-29-27(17-28)23-62(46(29)67)35-13-14-39(63)59-43(35)64)45(66)26-9-12-33(36(18-26)68-5)57-44(65)42-40(30-7-6-8-32(50)41(30)51)48(38(58-42)20-47(2,3)4)24-56-34-19-37(49(52,53)54)55-21-31(34)48/h6-12,17-19,21,25,35,38,40,42,56,58H,13-16,20,22-24H2,1-5H3,(H,57,65)(H,59,63,64)/t25-,35?,38-,40-,42+,48-/m0/s1. The second-order valence-corrected chi connectivity index (χ2v) is 19.9. The van der Waals surface area contributed by atoms with Crippen molar-refractivity contribution in [2.24, 2.45) is 5.41 Å². The Hall–Kier alpha value is -6.27. The number of hydrogen-bond donors (Lipinski definition) is 4. The van der Waals surface area contributed by atoms with Gasteiger partial charge in [-0.1, -0.05) is 44.5 Å². The number of imide groups is 1. The first-order chi connectivity index (χ1) is 32.2. The van der Waals surface area contributed by atoms with Crippen LogP contribution in [0.1, 0.15) is 96.0 Å². The number of pyridine rings is 1. The number of carbonyl (C=O) groups excluding carboxylic acids is 5. The monoisotopic (exact) mass is 958 g/mol. The molecule has 358 valence electrons. The maximum Gasteiger partial charge on any atom is 0.433 e. The quantitative estimate of drug-likeness (QED) is 0.108. The van der Waals surface area contributed by atoms with E-state index in [9.17, 15) is 37.1 Å². The van der Waals surface area contributed by atoms with Gasteiger partial charge in [-0.3, -0.25) is 34.3 Å². The SMILES string of the molecule is COc1cc(C(=O)N2CCN(c3ccc4c(c3)CN(C3CCC(=O)NC3=O)C4=O)[C@@H](C)C2)ccc1NC(=O)[C@@H]1N[C@@H](CC(C)(C)C)[C@@]2(CNc3cc(C(F)(F)F)ncc32)[C@H]1c1cccc(Cl)c1F. The molecule has 0 radical (unpaired) electrons. The summed E-state index contributed by atoms with van der Waals surface area (Å²) in [6, 6.07) is 13.2. The second kappa shape index (κ2) is 17.4. The van der Waals surface area contributed by atoms with Crippen LogP contribution >= 0.6 is 11.6 Å². The van der Waals surface area contributed by atoms with E-state index in [1.165, 1.54) is 24.3 Å². The Morgan fingerprint density at radius 2 is 1.79 bits per heavy atom. The zero-order valence-corrected chi connectivity index (χ0v) is 38.8. The molecule has 4 aromatic rings. The van der Waals surface area contributed by atoms with Crippen molar-refractivity contribution in [3.8, 4) is 5.75 Å². The van der Waals surface area contributed by atoms with E-state index in [0.717, 1.165) is 17.3 Å². The molecule has 5 aliphatic heterocycles. The molecule has 0 bridgehead atoms. The molecule has 3 fully saturated rings. The van der Waals surface area contributed by atoms with Gasteiger partial charge in [-0.2, -0.15) is 13.2 Å². The van der Waals surface area contributed by atoms with Crippen molar-refractivity contribution in [3.05, 3.63) is 111 Å². The van der Waals surface area contributed by atoms with Crippen LogP contribution in [0.4, 0.5) is 34.6 Å². The van der Waals surface area contributed by atoms with Crippen LogP contribution in [-0.2, 0) is 32.5 Å². The van der Waals surface area contributed by atoms with Gasteiger partial charge >= 0.3 is 6.18 Å². The summed E-state index contributed by atoms with van der Waals surface area (Å²) in [5.41, 5.74) is 0.850. The predicted octanol–water partition coefficient (Wildman–Crippen LogP) is 6.88. The van der Waals surface area contributed by atoms with E-state index in [1.54, 1.807) is 41.3 Å². The molecule has 1 aromatic heterocycles. The first-order valence-electron chi connectivity index (χ1n) is 22.5. The number of ether oxygens (including phenoxy) is 1. The van der Waals surface area contributed by atoms with Gasteiger partial charge < -0.3 is 35.4 Å². The molecule has 4 N–H and O–H groups in total. The Bertz CT molecular complexity index is 2750. The van der Waals surface area contributed by atoms with Crippen LogP contribution in [0.2, 0.25) is 5.02 Å². The number of aromatic nitrogens is 1. The average Bonchev–Trinajstić information content (AvgIpc) is 3.94. The maximum absolute atomic E-state index is 16.3. The van der Waals surface area contributed by atoms with Gasteiger partial charge in [0.1, 0.15) is 23.3 Å². The van der Waals surface area contributed by atoms with E-state index < -0.39 is 59.0 Å². The van der Waals surface area contributed by atoms with Gasteiger partial charge in [-0.05, 0) is 84.8 Å². The fourth-order valence-corrected chi connectivity index (χ4v) is 11.1. The highest BCUT2D eigenvalue weighted by Crippen LogP contribution is 2.57. The number of nitrogens with one attached hydrogen (secondary N) is 4. The van der Waals surface area contributed by atoms with Crippen LogP contribution in [0.5, 0.6) is 5.75 Å². The Morgan fingerprint density at radius 1 is 1.01 bits per heavy atom. The molecule has 1 spiro atoms. The third-order valence-corrected chi connectivity index (χ3v) is 14.3. The molecule has 6 atom stereocenters. The molecule has 9 rings (SSSR count). The van der Waals surface area contributed by atoms with Gasteiger partial charge in [0.2, 0.25) is 17.7 Å². The van der Waals surface area contributed by atoms with Gasteiger partial charge in [0.15, 0.2) is 0 Å². The molecular weight excluding hydrogens is 908 g/mol.